The molecule has 0 amide bonds. The van der Waals surface area contributed by atoms with E-state index in [4.69, 9.17) is 0 Å². The Bertz CT molecular complexity index is 521. The predicted molar refractivity (Wildman–Crippen MR) is 78.1 cm³/mol. The maximum atomic E-state index is 9.19. The summed E-state index contributed by atoms with van der Waals surface area (Å²) in [6, 6.07) is 4.17. The Morgan fingerprint density at radius 2 is 2.05 bits per heavy atom. The maximum Gasteiger partial charge on any atom is 0.103 e. The summed E-state index contributed by atoms with van der Waals surface area (Å²) < 4.78 is 0. The van der Waals surface area contributed by atoms with Gasteiger partial charge in [-0.1, -0.05) is 13.0 Å². The summed E-state index contributed by atoms with van der Waals surface area (Å²) >= 11 is 0. The number of nitrogens with zero attached hydrogens (tertiary/aromatic N) is 3. The highest BCUT2D eigenvalue weighted by Crippen LogP contribution is 2.08. The van der Waals surface area contributed by atoms with Gasteiger partial charge in [0.05, 0.1) is 12.3 Å². The number of hydrogen-bond acceptors (Lipinski definition) is 4. The summed E-state index contributed by atoms with van der Waals surface area (Å²) in [5.74, 6) is 0.911. The molecule has 2 heterocycles. The van der Waals surface area contributed by atoms with Crippen molar-refractivity contribution in [3.8, 4) is 0 Å². The zero-order valence-corrected chi connectivity index (χ0v) is 12.1. The molecule has 2 N–H and O–H groups in total. The summed E-state index contributed by atoms with van der Waals surface area (Å²) in [5, 5.41) is 9.19. The summed E-state index contributed by atoms with van der Waals surface area (Å²) in [4.78, 5) is 14.0. The van der Waals surface area contributed by atoms with Crippen LogP contribution in [-0.2, 0) is 19.5 Å². The Kier molecular flexibility index (Phi) is 5.26. The topological polar surface area (TPSA) is 65.0 Å². The molecular weight excluding hydrogens is 252 g/mol. The number of rotatable bonds is 7. The number of aliphatic hydroxyl groups excluding tert-OH is 1. The van der Waals surface area contributed by atoms with Crippen molar-refractivity contribution in [2.45, 2.75) is 33.4 Å². The van der Waals surface area contributed by atoms with Crippen molar-refractivity contribution >= 4 is 0 Å². The smallest absolute Gasteiger partial charge is 0.103 e. The van der Waals surface area contributed by atoms with Crippen LogP contribution >= 0.6 is 0 Å². The SMILES string of the molecule is CCc1ccc(CN(CCO)Cc2cnc(C)[nH]2)nc1. The normalized spacial score (nSPS) is 11.2. The number of aryl methyl sites for hydroxylation is 2. The molecule has 108 valence electrons. The van der Waals surface area contributed by atoms with Crippen molar-refractivity contribution in [2.75, 3.05) is 13.2 Å². The molecule has 0 aliphatic carbocycles. The molecule has 0 saturated heterocycles. The number of aromatic nitrogens is 3. The van der Waals surface area contributed by atoms with Crippen molar-refractivity contribution < 1.29 is 5.11 Å². The van der Waals surface area contributed by atoms with E-state index < -0.39 is 0 Å². The number of imidazole rings is 1. The second-order valence-corrected chi connectivity index (χ2v) is 4.94. The summed E-state index contributed by atoms with van der Waals surface area (Å²) in [6.45, 7) is 6.27. The first-order valence-electron chi connectivity index (χ1n) is 6.98. The van der Waals surface area contributed by atoms with Crippen molar-refractivity contribution in [1.29, 1.82) is 0 Å². The monoisotopic (exact) mass is 274 g/mol. The van der Waals surface area contributed by atoms with Crippen LogP contribution in [0.1, 0.15) is 29.7 Å². The zero-order valence-electron chi connectivity index (χ0n) is 12.1. The van der Waals surface area contributed by atoms with Gasteiger partial charge in [-0.15, -0.1) is 0 Å². The van der Waals surface area contributed by atoms with Crippen LogP contribution in [0.15, 0.2) is 24.5 Å². The molecule has 0 aliphatic rings. The van der Waals surface area contributed by atoms with E-state index in [1.165, 1.54) is 5.56 Å². The molecule has 0 aliphatic heterocycles. The van der Waals surface area contributed by atoms with E-state index in [2.05, 4.69) is 38.9 Å². The van der Waals surface area contributed by atoms with Crippen LogP contribution in [0.3, 0.4) is 0 Å². The Hall–Kier alpha value is -1.72. The Labute approximate surface area is 119 Å². The lowest BCUT2D eigenvalue weighted by Crippen LogP contribution is -2.26. The Morgan fingerprint density at radius 3 is 2.60 bits per heavy atom. The minimum absolute atomic E-state index is 0.139. The maximum absolute atomic E-state index is 9.19. The molecule has 0 atom stereocenters. The van der Waals surface area contributed by atoms with Gasteiger partial charge in [0.25, 0.3) is 0 Å². The summed E-state index contributed by atoms with van der Waals surface area (Å²) in [7, 11) is 0. The fraction of sp³-hybridized carbons (Fsp3) is 0.467. The molecule has 2 aromatic heterocycles. The van der Waals surface area contributed by atoms with E-state index in [-0.39, 0.29) is 6.61 Å². The summed E-state index contributed by atoms with van der Waals surface area (Å²) in [5.41, 5.74) is 3.32. The molecule has 0 unspecified atom stereocenters. The van der Waals surface area contributed by atoms with E-state index in [0.29, 0.717) is 6.54 Å². The molecule has 2 rings (SSSR count). The van der Waals surface area contributed by atoms with Gasteiger partial charge in [-0.05, 0) is 25.0 Å². The van der Waals surface area contributed by atoms with Crippen LogP contribution in [-0.4, -0.2) is 38.1 Å². The van der Waals surface area contributed by atoms with Gasteiger partial charge in [0, 0.05) is 37.7 Å². The number of H-pyrrole nitrogens is 1. The lowest BCUT2D eigenvalue weighted by Gasteiger charge is -2.20. The van der Waals surface area contributed by atoms with Crippen LogP contribution in [0.2, 0.25) is 0 Å². The fourth-order valence-electron chi connectivity index (χ4n) is 2.14. The average molecular weight is 274 g/mol. The van der Waals surface area contributed by atoms with E-state index in [1.807, 2.05) is 19.3 Å². The molecule has 2 aromatic rings. The molecule has 0 spiro atoms. The lowest BCUT2D eigenvalue weighted by molar-refractivity contribution is 0.181. The molecule has 0 aromatic carbocycles. The highest BCUT2D eigenvalue weighted by molar-refractivity contribution is 5.14. The zero-order chi connectivity index (χ0) is 14.4. The summed E-state index contributed by atoms with van der Waals surface area (Å²) in [6.07, 6.45) is 4.77. The van der Waals surface area contributed by atoms with Crippen LogP contribution in [0.25, 0.3) is 0 Å². The van der Waals surface area contributed by atoms with Crippen LogP contribution < -0.4 is 0 Å². The van der Waals surface area contributed by atoms with E-state index in [9.17, 15) is 5.11 Å². The fourth-order valence-corrected chi connectivity index (χ4v) is 2.14. The van der Waals surface area contributed by atoms with Crippen molar-refractivity contribution in [1.82, 2.24) is 19.9 Å². The highest BCUT2D eigenvalue weighted by Gasteiger charge is 2.09. The minimum atomic E-state index is 0.139. The first kappa shape index (κ1) is 14.7. The van der Waals surface area contributed by atoms with Gasteiger partial charge in [0.15, 0.2) is 0 Å². The van der Waals surface area contributed by atoms with Crippen LogP contribution in [0, 0.1) is 6.92 Å². The minimum Gasteiger partial charge on any atom is -0.395 e. The first-order chi connectivity index (χ1) is 9.71. The van der Waals surface area contributed by atoms with Crippen molar-refractivity contribution in [2.24, 2.45) is 0 Å². The molecule has 0 radical (unpaired) electrons. The molecule has 5 heteroatoms. The molecule has 0 fully saturated rings. The molecule has 5 nitrogen and oxygen atoms in total. The molecular formula is C15H22N4O. The van der Waals surface area contributed by atoms with Gasteiger partial charge in [0.2, 0.25) is 0 Å². The molecule has 20 heavy (non-hydrogen) atoms. The highest BCUT2D eigenvalue weighted by atomic mass is 16.3. The third-order valence-corrected chi connectivity index (χ3v) is 3.25. The van der Waals surface area contributed by atoms with Gasteiger partial charge in [-0.25, -0.2) is 4.98 Å². The third-order valence-electron chi connectivity index (χ3n) is 3.25. The third kappa shape index (κ3) is 4.15. The van der Waals surface area contributed by atoms with Crippen LogP contribution in [0.4, 0.5) is 0 Å². The largest absolute Gasteiger partial charge is 0.395 e. The second kappa shape index (κ2) is 7.17. The Morgan fingerprint density at radius 1 is 1.20 bits per heavy atom. The predicted octanol–water partition coefficient (Wildman–Crippen LogP) is 1.67. The number of aliphatic hydroxyl groups is 1. The number of hydrogen-bond donors (Lipinski definition) is 2. The quantitative estimate of drug-likeness (QED) is 0.806. The van der Waals surface area contributed by atoms with Crippen molar-refractivity contribution in [3.05, 3.63) is 47.3 Å². The number of nitrogens with one attached hydrogen (secondary N) is 1. The van der Waals surface area contributed by atoms with Crippen LogP contribution in [0.5, 0.6) is 0 Å². The van der Waals surface area contributed by atoms with E-state index >= 15 is 0 Å². The average Bonchev–Trinajstić information content (AvgIpc) is 2.85. The van der Waals surface area contributed by atoms with E-state index in [1.54, 1.807) is 0 Å². The number of aromatic amines is 1. The number of pyridine rings is 1. The van der Waals surface area contributed by atoms with Crippen molar-refractivity contribution in [3.63, 3.8) is 0 Å². The Balaban J connectivity index is 2.00. The second-order valence-electron chi connectivity index (χ2n) is 4.94. The van der Waals surface area contributed by atoms with Gasteiger partial charge in [-0.3, -0.25) is 9.88 Å². The lowest BCUT2D eigenvalue weighted by atomic mass is 10.2. The van der Waals surface area contributed by atoms with E-state index in [0.717, 1.165) is 36.7 Å². The van der Waals surface area contributed by atoms with Gasteiger partial charge in [0.1, 0.15) is 5.82 Å². The standard InChI is InChI=1S/C15H22N4O/c1-3-13-4-5-14(17-8-13)10-19(6-7-20)11-15-9-16-12(2)18-15/h4-5,8-9,20H,3,6-7,10-11H2,1-2H3,(H,16,18). The van der Waals surface area contributed by atoms with Gasteiger partial charge < -0.3 is 10.1 Å². The van der Waals surface area contributed by atoms with Gasteiger partial charge >= 0.3 is 0 Å². The molecule has 0 saturated carbocycles. The van der Waals surface area contributed by atoms with Gasteiger partial charge in [-0.2, -0.15) is 0 Å². The first-order valence-corrected chi connectivity index (χ1v) is 6.98. The molecule has 0 bridgehead atoms.